The molecule has 0 bridgehead atoms. The fourth-order valence-corrected chi connectivity index (χ4v) is 1.99. The number of hydrogen-bond acceptors (Lipinski definition) is 1. The summed E-state index contributed by atoms with van der Waals surface area (Å²) in [7, 11) is 0. The summed E-state index contributed by atoms with van der Waals surface area (Å²) in [6.45, 7) is -0.0569. The van der Waals surface area contributed by atoms with Gasteiger partial charge in [0, 0.05) is 6.04 Å². The number of rotatable bonds is 2. The second kappa shape index (κ2) is 3.90. The minimum Gasteiger partial charge on any atom is -0.448 e. The van der Waals surface area contributed by atoms with E-state index in [-0.39, 0.29) is 6.04 Å². The first kappa shape index (κ1) is 10.9. The van der Waals surface area contributed by atoms with Gasteiger partial charge in [-0.05, 0) is 38.7 Å². The molecule has 0 aromatic carbocycles. The number of piperidine rings is 1. The van der Waals surface area contributed by atoms with E-state index in [1.54, 1.807) is 4.90 Å². The molecule has 0 aromatic rings. The molecule has 78 valence electrons. The zero-order valence-corrected chi connectivity index (χ0v) is 8.14. The molecule has 0 amide bonds. The van der Waals surface area contributed by atoms with E-state index < -0.39 is 13.4 Å². The largest absolute Gasteiger partial charge is 0.492 e. The Morgan fingerprint density at radius 3 is 2.38 bits per heavy atom. The molecule has 2 atom stereocenters. The number of nitrogens with zero attached hydrogens (tertiary/aromatic N) is 1. The summed E-state index contributed by atoms with van der Waals surface area (Å²) in [6, 6.07) is 0.0900. The number of halogens is 3. The van der Waals surface area contributed by atoms with Crippen molar-refractivity contribution in [2.75, 3.05) is 13.0 Å². The minimum absolute atomic E-state index is 0.0900. The van der Waals surface area contributed by atoms with Gasteiger partial charge in [-0.3, -0.25) is 0 Å². The minimum atomic E-state index is -4.65. The topological polar surface area (TPSA) is 3.24 Å². The van der Waals surface area contributed by atoms with Gasteiger partial charge in [0.1, 0.15) is 0 Å². The molecule has 1 saturated heterocycles. The Morgan fingerprint density at radius 2 is 1.92 bits per heavy atom. The van der Waals surface area contributed by atoms with Crippen LogP contribution in [0.1, 0.15) is 26.7 Å². The van der Waals surface area contributed by atoms with Gasteiger partial charge in [-0.25, -0.2) is 0 Å². The van der Waals surface area contributed by atoms with Crippen LogP contribution in [0.5, 0.6) is 0 Å². The first-order valence-corrected chi connectivity index (χ1v) is 4.83. The van der Waals surface area contributed by atoms with E-state index in [1.165, 1.54) is 0 Å². The zero-order chi connectivity index (χ0) is 10.1. The molecule has 1 nitrogen and oxygen atoms in total. The van der Waals surface area contributed by atoms with E-state index in [4.69, 9.17) is 0 Å². The predicted octanol–water partition coefficient (Wildman–Crippen LogP) is 2.49. The Labute approximate surface area is 77.4 Å². The fraction of sp³-hybridized carbons (Fsp3) is 1.00. The smallest absolute Gasteiger partial charge is 0.448 e. The third kappa shape index (κ3) is 3.59. The van der Waals surface area contributed by atoms with Crippen molar-refractivity contribution in [3.63, 3.8) is 0 Å². The lowest BCUT2D eigenvalue weighted by molar-refractivity contribution is 0.138. The normalized spacial score (nSPS) is 32.1. The first-order chi connectivity index (χ1) is 5.88. The summed E-state index contributed by atoms with van der Waals surface area (Å²) in [6.07, 6.45) is 1.11. The van der Waals surface area contributed by atoms with Gasteiger partial charge >= 0.3 is 6.98 Å². The highest BCUT2D eigenvalue weighted by molar-refractivity contribution is 6.58. The van der Waals surface area contributed by atoms with Crippen LogP contribution in [0.25, 0.3) is 0 Å². The van der Waals surface area contributed by atoms with Crippen LogP contribution in [0.4, 0.5) is 12.9 Å². The predicted molar refractivity (Wildman–Crippen MR) is 48.5 cm³/mol. The Balaban J connectivity index is 2.43. The average Bonchev–Trinajstić information content (AvgIpc) is 1.93. The molecule has 0 N–H and O–H groups in total. The third-order valence-corrected chi connectivity index (χ3v) is 2.72. The molecule has 1 rings (SSSR count). The molecule has 0 aliphatic carbocycles. The maximum Gasteiger partial charge on any atom is 0.492 e. The maximum atomic E-state index is 12.1. The van der Waals surface area contributed by atoms with E-state index in [2.05, 4.69) is 6.92 Å². The molecular formula is C8H16BF3N-. The lowest BCUT2D eigenvalue weighted by Gasteiger charge is -2.39. The van der Waals surface area contributed by atoms with Crippen LogP contribution in [0.15, 0.2) is 0 Å². The van der Waals surface area contributed by atoms with Crippen molar-refractivity contribution in [2.45, 2.75) is 32.7 Å². The van der Waals surface area contributed by atoms with Gasteiger partial charge in [0.25, 0.3) is 0 Å². The molecule has 0 radical (unpaired) electrons. The van der Waals surface area contributed by atoms with Gasteiger partial charge in [-0.15, -0.1) is 0 Å². The van der Waals surface area contributed by atoms with Crippen LogP contribution in [0.3, 0.4) is 0 Å². The highest BCUT2D eigenvalue weighted by atomic mass is 19.4. The standard InChI is InChI=1S/C8H16BF3N/c1-7-3-4-13(8(2)5-7)6-9(10,11)12/h7-8H,3-6H2,1-2H3/q-1/t7-,8-/m0/s1. The quantitative estimate of drug-likeness (QED) is 0.610. The second-order valence-corrected chi connectivity index (χ2v) is 4.18. The molecular weight excluding hydrogens is 178 g/mol. The molecule has 0 spiro atoms. The van der Waals surface area contributed by atoms with Crippen molar-refractivity contribution >= 4 is 6.98 Å². The van der Waals surface area contributed by atoms with Crippen LogP contribution >= 0.6 is 0 Å². The highest BCUT2D eigenvalue weighted by Crippen LogP contribution is 2.24. The summed E-state index contributed by atoms with van der Waals surface area (Å²) in [5, 5.41) is 0. The molecule has 1 aliphatic rings. The number of hydrogen-bond donors (Lipinski definition) is 0. The highest BCUT2D eigenvalue weighted by Gasteiger charge is 2.31. The van der Waals surface area contributed by atoms with Crippen molar-refractivity contribution in [1.29, 1.82) is 0 Å². The van der Waals surface area contributed by atoms with Crippen LogP contribution in [-0.4, -0.2) is 30.9 Å². The molecule has 0 saturated carbocycles. The zero-order valence-electron chi connectivity index (χ0n) is 8.14. The summed E-state index contributed by atoms with van der Waals surface area (Å²) in [5.74, 6) is 0.576. The molecule has 1 heterocycles. The van der Waals surface area contributed by atoms with E-state index in [9.17, 15) is 12.9 Å². The van der Waals surface area contributed by atoms with E-state index in [1.807, 2.05) is 6.92 Å². The Morgan fingerprint density at radius 1 is 1.31 bits per heavy atom. The van der Waals surface area contributed by atoms with Gasteiger partial charge in [-0.2, -0.15) is 0 Å². The van der Waals surface area contributed by atoms with Gasteiger partial charge in [0.15, 0.2) is 0 Å². The van der Waals surface area contributed by atoms with Gasteiger partial charge in [-0.1, -0.05) is 6.92 Å². The summed E-state index contributed by atoms with van der Waals surface area (Å²) in [5.41, 5.74) is 0. The van der Waals surface area contributed by atoms with E-state index in [0.717, 1.165) is 12.8 Å². The lowest BCUT2D eigenvalue weighted by atomic mass is 9.86. The Kier molecular flexibility index (Phi) is 3.27. The van der Waals surface area contributed by atoms with Crippen molar-refractivity contribution in [2.24, 2.45) is 5.92 Å². The van der Waals surface area contributed by atoms with Crippen LogP contribution in [0.2, 0.25) is 0 Å². The van der Waals surface area contributed by atoms with Crippen LogP contribution < -0.4 is 0 Å². The van der Waals surface area contributed by atoms with Gasteiger partial charge in [0.2, 0.25) is 0 Å². The van der Waals surface area contributed by atoms with E-state index in [0.29, 0.717) is 12.5 Å². The van der Waals surface area contributed by atoms with Crippen LogP contribution in [-0.2, 0) is 0 Å². The SMILES string of the molecule is C[C@H]1CCN(C[B-](F)(F)F)[C@@H](C)C1. The third-order valence-electron chi connectivity index (χ3n) is 2.72. The lowest BCUT2D eigenvalue weighted by Crippen LogP contribution is -2.47. The fourth-order valence-electron chi connectivity index (χ4n) is 1.99. The molecule has 0 unspecified atom stereocenters. The van der Waals surface area contributed by atoms with Crippen molar-refractivity contribution in [3.8, 4) is 0 Å². The molecule has 13 heavy (non-hydrogen) atoms. The Bertz CT molecular complexity index is 171. The van der Waals surface area contributed by atoms with Crippen molar-refractivity contribution in [1.82, 2.24) is 4.90 Å². The summed E-state index contributed by atoms with van der Waals surface area (Å²) in [4.78, 5) is 1.56. The number of likely N-dealkylation sites (tertiary alicyclic amines) is 1. The molecule has 0 aromatic heterocycles. The van der Waals surface area contributed by atoms with Gasteiger partial charge < -0.3 is 17.8 Å². The maximum absolute atomic E-state index is 12.1. The van der Waals surface area contributed by atoms with Gasteiger partial charge in [0.05, 0.1) is 0 Å². The summed E-state index contributed by atoms with van der Waals surface area (Å²) < 4.78 is 36.4. The van der Waals surface area contributed by atoms with Crippen molar-refractivity contribution < 1.29 is 12.9 Å². The molecule has 1 fully saturated rings. The first-order valence-electron chi connectivity index (χ1n) is 4.83. The monoisotopic (exact) mass is 194 g/mol. The average molecular weight is 194 g/mol. The second-order valence-electron chi connectivity index (χ2n) is 4.18. The van der Waals surface area contributed by atoms with E-state index >= 15 is 0 Å². The van der Waals surface area contributed by atoms with Crippen LogP contribution in [0, 0.1) is 5.92 Å². The molecule has 5 heteroatoms. The molecule has 1 aliphatic heterocycles. The summed E-state index contributed by atoms with van der Waals surface area (Å²) >= 11 is 0. The van der Waals surface area contributed by atoms with Crippen molar-refractivity contribution in [3.05, 3.63) is 0 Å². The Hall–Kier alpha value is -0.185.